The number of halogens is 1. The van der Waals surface area contributed by atoms with Crippen LogP contribution in [-0.4, -0.2) is 26.3 Å². The van der Waals surface area contributed by atoms with Gasteiger partial charge in [0.05, 0.1) is 4.90 Å². The van der Waals surface area contributed by atoms with Gasteiger partial charge in [-0.1, -0.05) is 32.4 Å². The van der Waals surface area contributed by atoms with Gasteiger partial charge in [-0.3, -0.25) is 0 Å². The van der Waals surface area contributed by atoms with Crippen molar-refractivity contribution in [2.24, 2.45) is 5.92 Å². The third kappa shape index (κ3) is 3.70. The second-order valence-corrected chi connectivity index (χ2v) is 6.89. The highest BCUT2D eigenvalue weighted by Gasteiger charge is 2.21. The molecule has 0 fully saturated rings. The van der Waals surface area contributed by atoms with Crippen molar-refractivity contribution in [1.82, 2.24) is 4.31 Å². The van der Waals surface area contributed by atoms with Gasteiger partial charge in [-0.2, -0.15) is 0 Å². The van der Waals surface area contributed by atoms with Crippen molar-refractivity contribution in [1.29, 1.82) is 0 Å². The highest BCUT2D eigenvalue weighted by Crippen LogP contribution is 2.17. The monoisotopic (exact) mass is 289 g/mol. The molecule has 0 aliphatic heterocycles. The Balaban J connectivity index is 2.90. The van der Waals surface area contributed by atoms with Crippen molar-refractivity contribution in [2.75, 3.05) is 13.6 Å². The molecule has 1 aromatic rings. The van der Waals surface area contributed by atoms with Crippen LogP contribution in [0.5, 0.6) is 0 Å². The van der Waals surface area contributed by atoms with Gasteiger partial charge in [-0.25, -0.2) is 12.7 Å². The molecule has 0 saturated heterocycles. The van der Waals surface area contributed by atoms with Crippen LogP contribution in [0.3, 0.4) is 0 Å². The fraction of sp³-hybridized carbons (Fsp3) is 0.538. The lowest BCUT2D eigenvalue weighted by Gasteiger charge is -2.20. The first-order valence-corrected chi connectivity index (χ1v) is 8.00. The summed E-state index contributed by atoms with van der Waals surface area (Å²) in [6.45, 7) is 4.64. The van der Waals surface area contributed by atoms with Crippen molar-refractivity contribution in [3.8, 4) is 0 Å². The maximum atomic E-state index is 12.3. The SMILES string of the molecule is CCC(C)CN(C)S(=O)(=O)c1ccc(CCl)cc1. The minimum Gasteiger partial charge on any atom is -0.207 e. The Morgan fingerprint density at radius 2 is 1.83 bits per heavy atom. The molecule has 1 unspecified atom stereocenters. The highest BCUT2D eigenvalue weighted by atomic mass is 35.5. The molecule has 0 spiro atoms. The van der Waals surface area contributed by atoms with Gasteiger partial charge in [0.2, 0.25) is 10.0 Å². The lowest BCUT2D eigenvalue weighted by atomic mass is 10.1. The normalized spacial score (nSPS) is 13.8. The van der Waals surface area contributed by atoms with Crippen LogP contribution >= 0.6 is 11.6 Å². The van der Waals surface area contributed by atoms with Crippen molar-refractivity contribution >= 4 is 21.6 Å². The highest BCUT2D eigenvalue weighted by molar-refractivity contribution is 7.89. The Labute approximate surface area is 115 Å². The van der Waals surface area contributed by atoms with Crippen molar-refractivity contribution in [3.05, 3.63) is 29.8 Å². The summed E-state index contributed by atoms with van der Waals surface area (Å²) < 4.78 is 26.0. The molecule has 1 aromatic carbocycles. The molecular formula is C13H20ClNO2S. The molecular weight excluding hydrogens is 270 g/mol. The van der Waals surface area contributed by atoms with E-state index in [2.05, 4.69) is 6.92 Å². The van der Waals surface area contributed by atoms with Gasteiger partial charge in [0.25, 0.3) is 0 Å². The second kappa shape index (κ2) is 6.55. The number of hydrogen-bond acceptors (Lipinski definition) is 2. The van der Waals surface area contributed by atoms with Gasteiger partial charge in [0.15, 0.2) is 0 Å². The van der Waals surface area contributed by atoms with Crippen molar-refractivity contribution in [2.45, 2.75) is 31.0 Å². The van der Waals surface area contributed by atoms with E-state index < -0.39 is 10.0 Å². The van der Waals surface area contributed by atoms with Crippen LogP contribution in [0.15, 0.2) is 29.2 Å². The Bertz CT molecular complexity index is 470. The lowest BCUT2D eigenvalue weighted by Crippen LogP contribution is -2.31. The second-order valence-electron chi connectivity index (χ2n) is 4.58. The van der Waals surface area contributed by atoms with Crippen LogP contribution in [0.4, 0.5) is 0 Å². The van der Waals surface area contributed by atoms with Gasteiger partial charge in [0, 0.05) is 19.5 Å². The average molecular weight is 290 g/mol. The molecule has 0 bridgehead atoms. The predicted molar refractivity (Wildman–Crippen MR) is 75.3 cm³/mol. The molecule has 0 N–H and O–H groups in total. The summed E-state index contributed by atoms with van der Waals surface area (Å²) in [5.74, 6) is 0.746. The number of benzene rings is 1. The number of rotatable bonds is 6. The Morgan fingerprint density at radius 3 is 2.28 bits per heavy atom. The van der Waals surface area contributed by atoms with E-state index in [9.17, 15) is 8.42 Å². The maximum Gasteiger partial charge on any atom is 0.242 e. The molecule has 0 aliphatic rings. The van der Waals surface area contributed by atoms with Crippen LogP contribution in [0.1, 0.15) is 25.8 Å². The summed E-state index contributed by atoms with van der Waals surface area (Å²) in [5, 5.41) is 0. The van der Waals surface area contributed by atoms with E-state index in [1.54, 1.807) is 31.3 Å². The van der Waals surface area contributed by atoms with E-state index in [0.717, 1.165) is 12.0 Å². The minimum absolute atomic E-state index is 0.321. The fourth-order valence-electron chi connectivity index (χ4n) is 1.60. The molecule has 0 radical (unpaired) electrons. The van der Waals surface area contributed by atoms with E-state index in [4.69, 9.17) is 11.6 Å². The molecule has 102 valence electrons. The zero-order chi connectivity index (χ0) is 13.8. The molecule has 0 aromatic heterocycles. The molecule has 5 heteroatoms. The van der Waals surface area contributed by atoms with Crippen LogP contribution in [0, 0.1) is 5.92 Å². The Morgan fingerprint density at radius 1 is 1.28 bits per heavy atom. The van der Waals surface area contributed by atoms with E-state index >= 15 is 0 Å². The molecule has 3 nitrogen and oxygen atoms in total. The van der Waals surface area contributed by atoms with Gasteiger partial charge >= 0.3 is 0 Å². The molecule has 1 atom stereocenters. The topological polar surface area (TPSA) is 37.4 Å². The molecule has 18 heavy (non-hydrogen) atoms. The average Bonchev–Trinajstić information content (AvgIpc) is 2.38. The lowest BCUT2D eigenvalue weighted by molar-refractivity contribution is 0.393. The third-order valence-electron chi connectivity index (χ3n) is 3.05. The van der Waals surface area contributed by atoms with Crippen LogP contribution in [0.25, 0.3) is 0 Å². The number of nitrogens with zero attached hydrogens (tertiary/aromatic N) is 1. The molecule has 0 saturated carbocycles. The van der Waals surface area contributed by atoms with Crippen molar-refractivity contribution < 1.29 is 8.42 Å². The van der Waals surface area contributed by atoms with Crippen molar-refractivity contribution in [3.63, 3.8) is 0 Å². The summed E-state index contributed by atoms with van der Waals surface area (Å²) in [7, 11) is -1.76. The van der Waals surface area contributed by atoms with Gasteiger partial charge in [-0.05, 0) is 23.6 Å². The predicted octanol–water partition coefficient (Wildman–Crippen LogP) is 3.09. The molecule has 0 aliphatic carbocycles. The summed E-state index contributed by atoms with van der Waals surface area (Å²) in [6, 6.07) is 6.72. The van der Waals surface area contributed by atoms with E-state index in [1.165, 1.54) is 4.31 Å². The first-order valence-electron chi connectivity index (χ1n) is 6.03. The summed E-state index contributed by atoms with van der Waals surface area (Å²) in [5.41, 5.74) is 0.917. The molecule has 1 rings (SSSR count). The Hall–Kier alpha value is -0.580. The zero-order valence-corrected chi connectivity index (χ0v) is 12.6. The van der Waals surface area contributed by atoms with Crippen LogP contribution in [0.2, 0.25) is 0 Å². The number of sulfonamides is 1. The van der Waals surface area contributed by atoms with E-state index in [1.807, 2.05) is 6.92 Å². The summed E-state index contributed by atoms with van der Waals surface area (Å²) >= 11 is 5.68. The smallest absolute Gasteiger partial charge is 0.207 e. The fourth-order valence-corrected chi connectivity index (χ4v) is 3.07. The quantitative estimate of drug-likeness (QED) is 0.755. The minimum atomic E-state index is -3.38. The molecule has 0 heterocycles. The van der Waals surface area contributed by atoms with Gasteiger partial charge in [-0.15, -0.1) is 11.6 Å². The van der Waals surface area contributed by atoms with Gasteiger partial charge in [0.1, 0.15) is 0 Å². The zero-order valence-electron chi connectivity index (χ0n) is 11.1. The Kier molecular flexibility index (Phi) is 5.63. The summed E-state index contributed by atoms with van der Waals surface area (Å²) in [6.07, 6.45) is 0.963. The first-order chi connectivity index (χ1) is 8.41. The van der Waals surface area contributed by atoms with Crippen LogP contribution < -0.4 is 0 Å². The summed E-state index contributed by atoms with van der Waals surface area (Å²) in [4.78, 5) is 0.321. The van der Waals surface area contributed by atoms with E-state index in [-0.39, 0.29) is 0 Å². The van der Waals surface area contributed by atoms with Crippen LogP contribution in [-0.2, 0) is 15.9 Å². The number of hydrogen-bond donors (Lipinski definition) is 0. The maximum absolute atomic E-state index is 12.3. The standard InChI is InChI=1S/C13H20ClNO2S/c1-4-11(2)10-15(3)18(16,17)13-7-5-12(9-14)6-8-13/h5-8,11H,4,9-10H2,1-3H3. The van der Waals surface area contributed by atoms with E-state index in [0.29, 0.717) is 23.2 Å². The molecule has 0 amide bonds. The third-order valence-corrected chi connectivity index (χ3v) is 5.20. The number of alkyl halides is 1. The largest absolute Gasteiger partial charge is 0.242 e. The van der Waals surface area contributed by atoms with Gasteiger partial charge < -0.3 is 0 Å². The first kappa shape index (κ1) is 15.5.